The molecule has 0 aliphatic heterocycles. The van der Waals surface area contributed by atoms with Gasteiger partial charge in [0.25, 0.3) is 5.22 Å². The summed E-state index contributed by atoms with van der Waals surface area (Å²) in [5.74, 6) is 1.17. The van der Waals surface area contributed by atoms with Crippen molar-refractivity contribution < 1.29 is 22.3 Å². The van der Waals surface area contributed by atoms with Crippen LogP contribution in [0.25, 0.3) is 11.5 Å². The lowest BCUT2D eigenvalue weighted by atomic mass is 10.2. The summed E-state index contributed by atoms with van der Waals surface area (Å²) in [6.45, 7) is -1.30. The summed E-state index contributed by atoms with van der Waals surface area (Å²) in [7, 11) is 0. The Kier molecular flexibility index (Phi) is 5.28. The Labute approximate surface area is 146 Å². The van der Waals surface area contributed by atoms with Gasteiger partial charge in [-0.3, -0.25) is 0 Å². The van der Waals surface area contributed by atoms with Crippen LogP contribution in [0.1, 0.15) is 5.56 Å². The molecule has 3 aromatic rings. The molecule has 0 saturated carbocycles. The Morgan fingerprint density at radius 3 is 2.36 bits per heavy atom. The molecule has 3 rings (SSSR count). The van der Waals surface area contributed by atoms with Gasteiger partial charge in [-0.1, -0.05) is 42.1 Å². The van der Waals surface area contributed by atoms with E-state index in [0.717, 1.165) is 11.1 Å². The monoisotopic (exact) mass is 366 g/mol. The summed E-state index contributed by atoms with van der Waals surface area (Å²) in [6.07, 6.45) is -4.34. The van der Waals surface area contributed by atoms with Crippen molar-refractivity contribution in [1.82, 2.24) is 10.2 Å². The molecule has 130 valence electrons. The van der Waals surface area contributed by atoms with E-state index in [4.69, 9.17) is 4.42 Å². The van der Waals surface area contributed by atoms with Gasteiger partial charge in [0.05, 0.1) is 0 Å². The van der Waals surface area contributed by atoms with Gasteiger partial charge in [0, 0.05) is 11.3 Å². The lowest BCUT2D eigenvalue weighted by molar-refractivity contribution is -0.153. The van der Waals surface area contributed by atoms with Crippen LogP contribution >= 0.6 is 11.8 Å². The first-order valence-electron chi connectivity index (χ1n) is 7.30. The van der Waals surface area contributed by atoms with Crippen LogP contribution in [0.5, 0.6) is 5.75 Å². The highest BCUT2D eigenvalue weighted by Gasteiger charge is 2.28. The Hall–Kier alpha value is -2.48. The molecule has 0 unspecified atom stereocenters. The number of nitrogens with zero attached hydrogens (tertiary/aromatic N) is 2. The second-order valence-electron chi connectivity index (χ2n) is 5.08. The van der Waals surface area contributed by atoms with Gasteiger partial charge in [-0.05, 0) is 29.8 Å². The minimum atomic E-state index is -4.34. The molecule has 0 saturated heterocycles. The van der Waals surface area contributed by atoms with E-state index in [9.17, 15) is 13.2 Å². The molecule has 0 radical (unpaired) electrons. The zero-order chi connectivity index (χ0) is 17.7. The fraction of sp³-hybridized carbons (Fsp3) is 0.176. The highest BCUT2D eigenvalue weighted by molar-refractivity contribution is 7.98. The summed E-state index contributed by atoms with van der Waals surface area (Å²) in [6, 6.07) is 15.8. The number of hydrogen-bond donors (Lipinski definition) is 0. The van der Waals surface area contributed by atoms with Gasteiger partial charge in [0.15, 0.2) is 6.61 Å². The van der Waals surface area contributed by atoms with Gasteiger partial charge < -0.3 is 9.15 Å². The lowest BCUT2D eigenvalue weighted by Gasteiger charge is -2.09. The Bertz CT molecular complexity index is 805. The Morgan fingerprint density at radius 2 is 1.68 bits per heavy atom. The molecule has 25 heavy (non-hydrogen) atoms. The number of ether oxygens (including phenoxy) is 1. The average Bonchev–Trinajstić information content (AvgIpc) is 3.08. The van der Waals surface area contributed by atoms with Gasteiger partial charge in [0.1, 0.15) is 5.75 Å². The second kappa shape index (κ2) is 7.60. The normalized spacial score (nSPS) is 11.5. The van der Waals surface area contributed by atoms with Crippen LogP contribution in [0.15, 0.2) is 64.2 Å². The molecule has 0 aliphatic carbocycles. The van der Waals surface area contributed by atoms with Gasteiger partial charge in [-0.15, -0.1) is 10.2 Å². The van der Waals surface area contributed by atoms with Crippen molar-refractivity contribution >= 4 is 11.8 Å². The molecular weight excluding hydrogens is 353 g/mol. The minimum Gasteiger partial charge on any atom is -0.484 e. The van der Waals surface area contributed by atoms with E-state index < -0.39 is 12.8 Å². The third-order valence-electron chi connectivity index (χ3n) is 3.12. The molecule has 0 amide bonds. The van der Waals surface area contributed by atoms with Crippen molar-refractivity contribution in [3.63, 3.8) is 0 Å². The fourth-order valence-electron chi connectivity index (χ4n) is 1.96. The highest BCUT2D eigenvalue weighted by atomic mass is 32.2. The summed E-state index contributed by atoms with van der Waals surface area (Å²) in [5.41, 5.74) is 1.75. The van der Waals surface area contributed by atoms with Crippen LogP contribution in [0.2, 0.25) is 0 Å². The first-order chi connectivity index (χ1) is 12.0. The minimum absolute atomic E-state index is 0.176. The van der Waals surface area contributed by atoms with Crippen LogP contribution < -0.4 is 4.74 Å². The fourth-order valence-corrected chi connectivity index (χ4v) is 2.68. The van der Waals surface area contributed by atoms with Gasteiger partial charge >= 0.3 is 6.18 Å². The second-order valence-corrected chi connectivity index (χ2v) is 6.00. The number of thioether (sulfide) groups is 1. The molecule has 0 N–H and O–H groups in total. The third kappa shape index (κ3) is 5.25. The molecule has 0 atom stereocenters. The highest BCUT2D eigenvalue weighted by Crippen LogP contribution is 2.26. The number of alkyl halides is 3. The number of rotatable bonds is 6. The van der Waals surface area contributed by atoms with E-state index in [0.29, 0.717) is 16.9 Å². The molecule has 0 spiro atoms. The van der Waals surface area contributed by atoms with Gasteiger partial charge in [-0.25, -0.2) is 0 Å². The van der Waals surface area contributed by atoms with Crippen molar-refractivity contribution in [2.75, 3.05) is 6.61 Å². The van der Waals surface area contributed by atoms with Crippen molar-refractivity contribution in [3.8, 4) is 17.2 Å². The predicted octanol–water partition coefficient (Wildman–Crippen LogP) is 4.97. The molecular formula is C17H13F3N2O2S. The molecule has 8 heteroatoms. The van der Waals surface area contributed by atoms with Crippen LogP contribution in [-0.2, 0) is 5.75 Å². The molecule has 1 heterocycles. The number of aromatic nitrogens is 2. The van der Waals surface area contributed by atoms with Gasteiger partial charge in [0.2, 0.25) is 5.89 Å². The topological polar surface area (TPSA) is 48.2 Å². The van der Waals surface area contributed by atoms with E-state index in [1.54, 1.807) is 12.1 Å². The van der Waals surface area contributed by atoms with E-state index in [2.05, 4.69) is 14.9 Å². The lowest BCUT2D eigenvalue weighted by Crippen LogP contribution is -2.19. The Morgan fingerprint density at radius 1 is 0.960 bits per heavy atom. The summed E-state index contributed by atoms with van der Waals surface area (Å²) in [5, 5.41) is 8.40. The van der Waals surface area contributed by atoms with Crippen LogP contribution in [0.3, 0.4) is 0 Å². The van der Waals surface area contributed by atoms with Crippen molar-refractivity contribution in [1.29, 1.82) is 0 Å². The zero-order valence-corrected chi connectivity index (χ0v) is 13.7. The van der Waals surface area contributed by atoms with E-state index >= 15 is 0 Å². The quantitative estimate of drug-likeness (QED) is 0.577. The van der Waals surface area contributed by atoms with E-state index in [1.165, 1.54) is 23.9 Å². The maximum atomic E-state index is 12.1. The summed E-state index contributed by atoms with van der Waals surface area (Å²) >= 11 is 1.35. The van der Waals surface area contributed by atoms with E-state index in [1.807, 2.05) is 30.3 Å². The van der Waals surface area contributed by atoms with Crippen molar-refractivity contribution in [2.45, 2.75) is 17.2 Å². The maximum absolute atomic E-state index is 12.1. The molecule has 1 aromatic heterocycles. The number of hydrogen-bond acceptors (Lipinski definition) is 5. The molecule has 0 bridgehead atoms. The molecule has 4 nitrogen and oxygen atoms in total. The SMILES string of the molecule is FC(F)(F)COc1ccc(CSc2nnc(-c3ccccc3)o2)cc1. The maximum Gasteiger partial charge on any atom is 0.422 e. The third-order valence-corrected chi connectivity index (χ3v) is 4.00. The van der Waals surface area contributed by atoms with Crippen LogP contribution in [0, 0.1) is 0 Å². The van der Waals surface area contributed by atoms with Gasteiger partial charge in [-0.2, -0.15) is 13.2 Å². The smallest absolute Gasteiger partial charge is 0.422 e. The molecule has 2 aromatic carbocycles. The van der Waals surface area contributed by atoms with Crippen LogP contribution in [0.4, 0.5) is 13.2 Å². The van der Waals surface area contributed by atoms with Crippen LogP contribution in [-0.4, -0.2) is 23.0 Å². The predicted molar refractivity (Wildman–Crippen MR) is 87.3 cm³/mol. The number of benzene rings is 2. The first-order valence-corrected chi connectivity index (χ1v) is 8.28. The first kappa shape index (κ1) is 17.3. The van der Waals surface area contributed by atoms with E-state index in [-0.39, 0.29) is 5.75 Å². The summed E-state index contributed by atoms with van der Waals surface area (Å²) in [4.78, 5) is 0. The zero-order valence-electron chi connectivity index (χ0n) is 12.9. The summed E-state index contributed by atoms with van der Waals surface area (Å²) < 4.78 is 46.6. The Balaban J connectivity index is 1.54. The van der Waals surface area contributed by atoms with Crippen molar-refractivity contribution in [2.24, 2.45) is 0 Å². The standard InChI is InChI=1S/C17H13F3N2O2S/c18-17(19,20)11-23-14-8-6-12(7-9-14)10-25-16-22-21-15(24-16)13-4-2-1-3-5-13/h1-9H,10-11H2. The molecule has 0 fully saturated rings. The molecule has 0 aliphatic rings. The number of halogens is 3. The average molecular weight is 366 g/mol. The van der Waals surface area contributed by atoms with Crippen molar-refractivity contribution in [3.05, 3.63) is 60.2 Å². The largest absolute Gasteiger partial charge is 0.484 e.